The van der Waals surface area contributed by atoms with Crippen molar-refractivity contribution >= 4 is 22.5 Å². The van der Waals surface area contributed by atoms with Gasteiger partial charge in [-0.2, -0.15) is 0 Å². The van der Waals surface area contributed by atoms with Gasteiger partial charge < -0.3 is 5.32 Å². The molecule has 0 aliphatic heterocycles. The van der Waals surface area contributed by atoms with Gasteiger partial charge in [-0.15, -0.1) is 0 Å². The lowest BCUT2D eigenvalue weighted by atomic mass is 10.0. The van der Waals surface area contributed by atoms with Gasteiger partial charge in [-0.05, 0) is 49.2 Å². The Balaban J connectivity index is 1.84. The van der Waals surface area contributed by atoms with Gasteiger partial charge in [-0.25, -0.2) is 4.98 Å². The van der Waals surface area contributed by atoms with Crippen molar-refractivity contribution in [3.05, 3.63) is 89.6 Å². The smallest absolute Gasteiger partial charge is 0.256 e. The molecule has 27 heavy (non-hydrogen) atoms. The lowest BCUT2D eigenvalue weighted by Gasteiger charge is -2.13. The first-order valence-electron chi connectivity index (χ1n) is 8.82. The molecule has 0 bridgehead atoms. The van der Waals surface area contributed by atoms with Gasteiger partial charge in [0, 0.05) is 17.3 Å². The second-order valence-electron chi connectivity index (χ2n) is 6.51. The number of rotatable bonds is 3. The number of aryl methyl sites for hydroxylation is 2. The number of benzene rings is 2. The summed E-state index contributed by atoms with van der Waals surface area (Å²) in [7, 11) is 0. The first-order chi connectivity index (χ1) is 13.1. The van der Waals surface area contributed by atoms with Crippen molar-refractivity contribution in [2.45, 2.75) is 13.8 Å². The Morgan fingerprint density at radius 2 is 1.59 bits per heavy atom. The van der Waals surface area contributed by atoms with Gasteiger partial charge in [0.1, 0.15) is 0 Å². The molecular formula is C23H19N3O. The number of aromatic nitrogens is 2. The van der Waals surface area contributed by atoms with Crippen LogP contribution >= 0.6 is 0 Å². The van der Waals surface area contributed by atoms with Crippen LogP contribution in [0.2, 0.25) is 0 Å². The number of hydrogen-bond acceptors (Lipinski definition) is 3. The number of nitrogens with zero attached hydrogens (tertiary/aromatic N) is 2. The Morgan fingerprint density at radius 1 is 0.852 bits per heavy atom. The average molecular weight is 353 g/mol. The summed E-state index contributed by atoms with van der Waals surface area (Å²) in [5.74, 6) is -0.150. The van der Waals surface area contributed by atoms with E-state index < -0.39 is 0 Å². The molecule has 2 heterocycles. The van der Waals surface area contributed by atoms with Crippen LogP contribution in [0.15, 0.2) is 72.9 Å². The van der Waals surface area contributed by atoms with Crippen molar-refractivity contribution < 1.29 is 4.79 Å². The molecule has 2 aromatic heterocycles. The molecule has 0 aliphatic rings. The van der Waals surface area contributed by atoms with Gasteiger partial charge in [0.15, 0.2) is 0 Å². The largest absolute Gasteiger partial charge is 0.321 e. The highest BCUT2D eigenvalue weighted by molar-refractivity contribution is 6.13. The van der Waals surface area contributed by atoms with Gasteiger partial charge in [0.2, 0.25) is 0 Å². The van der Waals surface area contributed by atoms with E-state index >= 15 is 0 Å². The molecule has 0 fully saturated rings. The molecule has 4 heteroatoms. The Morgan fingerprint density at radius 3 is 2.33 bits per heavy atom. The minimum Gasteiger partial charge on any atom is -0.321 e. The molecule has 0 saturated carbocycles. The minimum atomic E-state index is -0.150. The Labute approximate surface area is 157 Å². The van der Waals surface area contributed by atoms with Gasteiger partial charge in [0.25, 0.3) is 5.91 Å². The van der Waals surface area contributed by atoms with E-state index in [0.717, 1.165) is 33.4 Å². The monoisotopic (exact) mass is 353 g/mol. The predicted octanol–water partition coefficient (Wildman–Crippen LogP) is 5.17. The summed E-state index contributed by atoms with van der Waals surface area (Å²) < 4.78 is 0. The van der Waals surface area contributed by atoms with Crippen LogP contribution in [0.1, 0.15) is 21.5 Å². The van der Waals surface area contributed by atoms with Crippen molar-refractivity contribution in [1.29, 1.82) is 0 Å². The van der Waals surface area contributed by atoms with Crippen LogP contribution in [0.4, 0.5) is 5.69 Å². The third kappa shape index (κ3) is 3.29. The summed E-state index contributed by atoms with van der Waals surface area (Å²) in [5.41, 5.74) is 5.70. The number of carbonyl (C=O) groups excluding carboxylic acids is 1. The quantitative estimate of drug-likeness (QED) is 0.553. The number of hydrogen-bond donors (Lipinski definition) is 1. The number of carbonyl (C=O) groups is 1. The fourth-order valence-electron chi connectivity index (χ4n) is 3.20. The molecule has 1 N–H and O–H groups in total. The third-order valence-corrected chi connectivity index (χ3v) is 4.61. The SMILES string of the molecule is Cc1cccc(C)c1NC(=O)c1cc(-c2ccccn2)nc2ccccc12. The maximum atomic E-state index is 13.2. The van der Waals surface area contributed by atoms with E-state index in [2.05, 4.69) is 15.3 Å². The molecule has 4 aromatic rings. The maximum Gasteiger partial charge on any atom is 0.256 e. The predicted molar refractivity (Wildman–Crippen MR) is 109 cm³/mol. The number of para-hydroxylation sites is 2. The van der Waals surface area contributed by atoms with E-state index in [-0.39, 0.29) is 5.91 Å². The highest BCUT2D eigenvalue weighted by Gasteiger charge is 2.16. The Bertz CT molecular complexity index is 1120. The lowest BCUT2D eigenvalue weighted by molar-refractivity contribution is 0.102. The van der Waals surface area contributed by atoms with E-state index in [9.17, 15) is 4.79 Å². The van der Waals surface area contributed by atoms with E-state index in [1.165, 1.54) is 0 Å². The van der Waals surface area contributed by atoms with Crippen molar-refractivity contribution in [3.8, 4) is 11.4 Å². The van der Waals surface area contributed by atoms with E-state index in [4.69, 9.17) is 0 Å². The normalized spacial score (nSPS) is 10.7. The van der Waals surface area contributed by atoms with Crippen LogP contribution in [0, 0.1) is 13.8 Å². The van der Waals surface area contributed by atoms with Crippen LogP contribution < -0.4 is 5.32 Å². The zero-order valence-corrected chi connectivity index (χ0v) is 15.2. The van der Waals surface area contributed by atoms with Crippen LogP contribution in [-0.4, -0.2) is 15.9 Å². The van der Waals surface area contributed by atoms with E-state index in [0.29, 0.717) is 11.3 Å². The molecule has 4 rings (SSSR count). The molecule has 0 aliphatic carbocycles. The molecule has 0 spiro atoms. The van der Waals surface area contributed by atoms with Crippen molar-refractivity contribution in [2.75, 3.05) is 5.32 Å². The van der Waals surface area contributed by atoms with Gasteiger partial charge in [-0.1, -0.05) is 42.5 Å². The number of amides is 1. The number of nitrogens with one attached hydrogen (secondary N) is 1. The van der Waals surface area contributed by atoms with Gasteiger partial charge in [-0.3, -0.25) is 9.78 Å². The van der Waals surface area contributed by atoms with Gasteiger partial charge in [0.05, 0.1) is 22.5 Å². The van der Waals surface area contributed by atoms with Crippen molar-refractivity contribution in [1.82, 2.24) is 9.97 Å². The standard InChI is InChI=1S/C23H19N3O/c1-15-8-7-9-16(2)22(15)26-23(27)18-14-21(20-12-5-6-13-24-20)25-19-11-4-3-10-17(18)19/h3-14H,1-2H3,(H,26,27). The second-order valence-corrected chi connectivity index (χ2v) is 6.51. The first-order valence-corrected chi connectivity index (χ1v) is 8.82. The van der Waals surface area contributed by atoms with Crippen LogP contribution in [0.5, 0.6) is 0 Å². The zero-order valence-electron chi connectivity index (χ0n) is 15.2. The summed E-state index contributed by atoms with van der Waals surface area (Å²) in [5, 5.41) is 3.90. The van der Waals surface area contributed by atoms with Crippen LogP contribution in [-0.2, 0) is 0 Å². The molecule has 0 saturated heterocycles. The number of fused-ring (bicyclic) bond motifs is 1. The van der Waals surface area contributed by atoms with Crippen molar-refractivity contribution in [2.24, 2.45) is 0 Å². The molecule has 4 nitrogen and oxygen atoms in total. The molecule has 2 aromatic carbocycles. The molecule has 1 amide bonds. The molecular weight excluding hydrogens is 334 g/mol. The second kappa shape index (κ2) is 7.00. The summed E-state index contributed by atoms with van der Waals surface area (Å²) in [6.07, 6.45) is 1.72. The number of pyridine rings is 2. The first kappa shape index (κ1) is 16.9. The van der Waals surface area contributed by atoms with Crippen molar-refractivity contribution in [3.63, 3.8) is 0 Å². The fraction of sp³-hybridized carbons (Fsp3) is 0.0870. The molecule has 0 atom stereocenters. The van der Waals surface area contributed by atoms with Crippen LogP contribution in [0.3, 0.4) is 0 Å². The molecule has 132 valence electrons. The minimum absolute atomic E-state index is 0.150. The highest BCUT2D eigenvalue weighted by Crippen LogP contribution is 2.26. The summed E-state index contributed by atoms with van der Waals surface area (Å²) in [6, 6.07) is 21.1. The topological polar surface area (TPSA) is 54.9 Å². The van der Waals surface area contributed by atoms with E-state index in [1.54, 1.807) is 6.20 Å². The Hall–Kier alpha value is -3.53. The third-order valence-electron chi connectivity index (χ3n) is 4.61. The molecule has 0 unspecified atom stereocenters. The average Bonchev–Trinajstić information content (AvgIpc) is 2.70. The zero-order chi connectivity index (χ0) is 18.8. The molecule has 0 radical (unpaired) electrons. The fourth-order valence-corrected chi connectivity index (χ4v) is 3.20. The lowest BCUT2D eigenvalue weighted by Crippen LogP contribution is -2.15. The van der Waals surface area contributed by atoms with Gasteiger partial charge >= 0.3 is 0 Å². The number of anilines is 1. The summed E-state index contributed by atoms with van der Waals surface area (Å²) in [4.78, 5) is 22.2. The highest BCUT2D eigenvalue weighted by atomic mass is 16.1. The van der Waals surface area contributed by atoms with E-state index in [1.807, 2.05) is 80.6 Å². The maximum absolute atomic E-state index is 13.2. The van der Waals surface area contributed by atoms with Crippen LogP contribution in [0.25, 0.3) is 22.3 Å². The Kier molecular flexibility index (Phi) is 4.38. The summed E-state index contributed by atoms with van der Waals surface area (Å²) >= 11 is 0. The summed E-state index contributed by atoms with van der Waals surface area (Å²) in [6.45, 7) is 3.99.